The molecule has 1 N–H and O–H groups in total. The molecule has 5 nitrogen and oxygen atoms in total. The molecule has 0 radical (unpaired) electrons. The largest absolute Gasteiger partial charge is 0.492 e. The molecule has 1 aromatic heterocycles. The summed E-state index contributed by atoms with van der Waals surface area (Å²) >= 11 is 12.3. The van der Waals surface area contributed by atoms with Crippen molar-refractivity contribution in [3.63, 3.8) is 0 Å². The Labute approximate surface area is 203 Å². The van der Waals surface area contributed by atoms with Crippen molar-refractivity contribution < 1.29 is 9.53 Å². The zero-order chi connectivity index (χ0) is 23.2. The molecule has 7 heteroatoms. The summed E-state index contributed by atoms with van der Waals surface area (Å²) in [7, 11) is 0. The van der Waals surface area contributed by atoms with E-state index in [1.165, 1.54) is 0 Å². The number of aromatic nitrogens is 2. The van der Waals surface area contributed by atoms with Gasteiger partial charge in [0.2, 0.25) is 0 Å². The summed E-state index contributed by atoms with van der Waals surface area (Å²) in [4.78, 5) is 17.6. The van der Waals surface area contributed by atoms with Crippen molar-refractivity contribution in [2.24, 2.45) is 0 Å². The van der Waals surface area contributed by atoms with Crippen molar-refractivity contribution >= 4 is 40.1 Å². The maximum atomic E-state index is 12.8. The molecule has 1 atom stereocenters. The molecular formula is C26H25Cl2N3O2. The third-order valence-corrected chi connectivity index (χ3v) is 6.05. The number of para-hydroxylation sites is 3. The molecule has 0 saturated carbocycles. The summed E-state index contributed by atoms with van der Waals surface area (Å²) in [6.07, 6.45) is 1.75. The molecule has 33 heavy (non-hydrogen) atoms. The zero-order valence-corrected chi connectivity index (χ0v) is 19.8. The van der Waals surface area contributed by atoms with Crippen LogP contribution in [0.5, 0.6) is 5.75 Å². The maximum Gasteiger partial charge on any atom is 0.253 e. The van der Waals surface area contributed by atoms with Crippen molar-refractivity contribution in [2.75, 3.05) is 6.61 Å². The predicted molar refractivity (Wildman–Crippen MR) is 133 cm³/mol. The highest BCUT2D eigenvalue weighted by molar-refractivity contribution is 6.33. The number of carbonyl (C=O) groups is 1. The molecule has 0 aliphatic rings. The minimum Gasteiger partial charge on any atom is -0.492 e. The molecule has 0 spiro atoms. The first-order chi connectivity index (χ1) is 16.0. The van der Waals surface area contributed by atoms with E-state index in [2.05, 4.69) is 16.0 Å². The molecule has 1 heterocycles. The number of rotatable bonds is 9. The summed E-state index contributed by atoms with van der Waals surface area (Å²) in [6, 6.07) is 22.2. The highest BCUT2D eigenvalue weighted by Gasteiger charge is 2.20. The smallest absolute Gasteiger partial charge is 0.253 e. The zero-order valence-electron chi connectivity index (χ0n) is 18.3. The second-order valence-electron chi connectivity index (χ2n) is 7.77. The number of unbranched alkanes of at least 4 members (excludes halogenated alkanes) is 1. The Bertz CT molecular complexity index is 1260. The van der Waals surface area contributed by atoms with Crippen LogP contribution < -0.4 is 10.1 Å². The topological polar surface area (TPSA) is 56.2 Å². The van der Waals surface area contributed by atoms with Crippen LogP contribution >= 0.6 is 23.2 Å². The molecule has 0 saturated heterocycles. The van der Waals surface area contributed by atoms with Gasteiger partial charge in [-0.25, -0.2) is 4.98 Å². The standard InChI is InChI=1S/C26H25Cl2N3O2/c1-18(29-26(32)19-10-2-3-11-20(19)27)25-30-22-13-5-6-14-23(22)31(25)16-8-9-17-33-24-15-7-4-12-21(24)28/h2-7,10-15,18H,8-9,16-17H2,1H3,(H,29,32). The van der Waals surface area contributed by atoms with Crippen LogP contribution in [0.3, 0.4) is 0 Å². The average Bonchev–Trinajstić information content (AvgIpc) is 3.19. The van der Waals surface area contributed by atoms with Gasteiger partial charge in [0.15, 0.2) is 0 Å². The van der Waals surface area contributed by atoms with E-state index in [-0.39, 0.29) is 11.9 Å². The van der Waals surface area contributed by atoms with Gasteiger partial charge in [0, 0.05) is 6.54 Å². The minimum atomic E-state index is -0.291. The highest BCUT2D eigenvalue weighted by Crippen LogP contribution is 2.25. The number of imidazole rings is 1. The number of carbonyl (C=O) groups excluding carboxylic acids is 1. The number of nitrogens with zero attached hydrogens (tertiary/aromatic N) is 2. The molecule has 0 bridgehead atoms. The normalized spacial score (nSPS) is 12.0. The number of fused-ring (bicyclic) bond motifs is 1. The quantitative estimate of drug-likeness (QED) is 0.270. The number of hydrogen-bond acceptors (Lipinski definition) is 3. The first-order valence-electron chi connectivity index (χ1n) is 10.9. The molecule has 0 aliphatic heterocycles. The van der Waals surface area contributed by atoms with E-state index in [0.717, 1.165) is 36.2 Å². The molecule has 4 rings (SSSR count). The van der Waals surface area contributed by atoms with Crippen LogP contribution in [-0.4, -0.2) is 22.1 Å². The van der Waals surface area contributed by atoms with Crippen LogP contribution in [0.25, 0.3) is 11.0 Å². The summed E-state index contributed by atoms with van der Waals surface area (Å²) in [5, 5.41) is 4.08. The minimum absolute atomic E-state index is 0.222. The van der Waals surface area contributed by atoms with Gasteiger partial charge >= 0.3 is 0 Å². The van der Waals surface area contributed by atoms with Gasteiger partial charge in [-0.1, -0.05) is 59.6 Å². The van der Waals surface area contributed by atoms with E-state index < -0.39 is 0 Å². The van der Waals surface area contributed by atoms with E-state index >= 15 is 0 Å². The lowest BCUT2D eigenvalue weighted by atomic mass is 10.2. The van der Waals surface area contributed by atoms with Crippen LogP contribution in [0, 0.1) is 0 Å². The number of hydrogen-bond donors (Lipinski definition) is 1. The molecule has 4 aromatic rings. The summed E-state index contributed by atoms with van der Waals surface area (Å²) < 4.78 is 7.98. The van der Waals surface area contributed by atoms with Crippen LogP contribution in [0.4, 0.5) is 0 Å². The van der Waals surface area contributed by atoms with Crippen molar-refractivity contribution in [1.29, 1.82) is 0 Å². The highest BCUT2D eigenvalue weighted by atomic mass is 35.5. The Morgan fingerprint density at radius 2 is 1.67 bits per heavy atom. The third-order valence-electron chi connectivity index (χ3n) is 5.41. The van der Waals surface area contributed by atoms with E-state index in [4.69, 9.17) is 32.9 Å². The average molecular weight is 482 g/mol. The summed E-state index contributed by atoms with van der Waals surface area (Å²) in [5.41, 5.74) is 2.39. The van der Waals surface area contributed by atoms with E-state index in [9.17, 15) is 4.79 Å². The van der Waals surface area contributed by atoms with Gasteiger partial charge in [-0.3, -0.25) is 4.79 Å². The molecule has 3 aromatic carbocycles. The van der Waals surface area contributed by atoms with E-state index in [0.29, 0.717) is 28.0 Å². The lowest BCUT2D eigenvalue weighted by molar-refractivity contribution is 0.0938. The van der Waals surface area contributed by atoms with Crippen molar-refractivity contribution in [3.05, 3.63) is 94.2 Å². The van der Waals surface area contributed by atoms with E-state index in [1.54, 1.807) is 24.3 Å². The lowest BCUT2D eigenvalue weighted by Gasteiger charge is -2.17. The van der Waals surface area contributed by atoms with Gasteiger partial charge in [0.25, 0.3) is 5.91 Å². The van der Waals surface area contributed by atoms with E-state index in [1.807, 2.05) is 49.4 Å². The van der Waals surface area contributed by atoms with Crippen molar-refractivity contribution in [2.45, 2.75) is 32.4 Å². The fraction of sp³-hybridized carbons (Fsp3) is 0.231. The van der Waals surface area contributed by atoms with Crippen molar-refractivity contribution in [1.82, 2.24) is 14.9 Å². The lowest BCUT2D eigenvalue weighted by Crippen LogP contribution is -2.29. The molecule has 0 aliphatic carbocycles. The van der Waals surface area contributed by atoms with Crippen LogP contribution in [0.15, 0.2) is 72.8 Å². The molecule has 170 valence electrons. The predicted octanol–water partition coefficient (Wildman–Crippen LogP) is 6.69. The van der Waals surface area contributed by atoms with Gasteiger partial charge in [-0.15, -0.1) is 0 Å². The second-order valence-corrected chi connectivity index (χ2v) is 8.59. The maximum absolute atomic E-state index is 12.8. The second kappa shape index (κ2) is 10.7. The molecule has 1 amide bonds. The third kappa shape index (κ3) is 5.49. The van der Waals surface area contributed by atoms with Gasteiger partial charge in [0.05, 0.1) is 39.3 Å². The van der Waals surface area contributed by atoms with Gasteiger partial charge in [-0.05, 0) is 56.2 Å². The SMILES string of the molecule is CC(NC(=O)c1ccccc1Cl)c1nc2ccccc2n1CCCCOc1ccccc1Cl. The Morgan fingerprint density at radius 3 is 2.45 bits per heavy atom. The summed E-state index contributed by atoms with van der Waals surface area (Å²) in [5.74, 6) is 1.28. The van der Waals surface area contributed by atoms with Gasteiger partial charge in [-0.2, -0.15) is 0 Å². The van der Waals surface area contributed by atoms with Gasteiger partial charge in [0.1, 0.15) is 11.6 Å². The van der Waals surface area contributed by atoms with Crippen LogP contribution in [0.2, 0.25) is 10.0 Å². The fourth-order valence-electron chi connectivity index (χ4n) is 3.76. The molecular weight excluding hydrogens is 457 g/mol. The first kappa shape index (κ1) is 23.1. The van der Waals surface area contributed by atoms with Crippen LogP contribution in [0.1, 0.15) is 42.0 Å². The first-order valence-corrected chi connectivity index (χ1v) is 11.7. The fourth-order valence-corrected chi connectivity index (χ4v) is 4.17. The number of ether oxygens (including phenoxy) is 1. The monoisotopic (exact) mass is 481 g/mol. The number of amides is 1. The Morgan fingerprint density at radius 1 is 0.970 bits per heavy atom. The number of halogens is 2. The Balaban J connectivity index is 1.44. The molecule has 1 unspecified atom stereocenters. The van der Waals surface area contributed by atoms with Gasteiger partial charge < -0.3 is 14.6 Å². The Kier molecular flexibility index (Phi) is 7.53. The molecule has 0 fully saturated rings. The number of benzene rings is 3. The van der Waals surface area contributed by atoms with Crippen LogP contribution in [-0.2, 0) is 6.54 Å². The Hall–Kier alpha value is -3.02. The number of aryl methyl sites for hydroxylation is 1. The number of nitrogens with one attached hydrogen (secondary N) is 1. The van der Waals surface area contributed by atoms with Crippen molar-refractivity contribution in [3.8, 4) is 5.75 Å². The summed E-state index contributed by atoms with van der Waals surface area (Å²) in [6.45, 7) is 3.27.